The molecule has 0 radical (unpaired) electrons. The van der Waals surface area contributed by atoms with Gasteiger partial charge in [-0.25, -0.2) is 23.7 Å². The van der Waals surface area contributed by atoms with Crippen LogP contribution in [0.3, 0.4) is 0 Å². The Kier molecular flexibility index (Phi) is 5.00. The molecule has 1 saturated heterocycles. The second-order valence-corrected chi connectivity index (χ2v) is 8.26. The number of piperidine rings is 1. The molecule has 164 valence electrons. The van der Waals surface area contributed by atoms with Gasteiger partial charge in [0.1, 0.15) is 18.0 Å². The van der Waals surface area contributed by atoms with E-state index < -0.39 is 5.92 Å². The molecule has 32 heavy (non-hydrogen) atoms. The molecular formula is C24H24F2N6. The van der Waals surface area contributed by atoms with Crippen LogP contribution in [-0.2, 0) is 5.92 Å². The van der Waals surface area contributed by atoms with Crippen molar-refractivity contribution in [2.45, 2.75) is 31.7 Å². The van der Waals surface area contributed by atoms with E-state index in [0.717, 1.165) is 44.4 Å². The maximum Gasteiger partial charge on any atom is 0.270 e. The average Bonchev–Trinajstić information content (AvgIpc) is 3.05. The van der Waals surface area contributed by atoms with Crippen LogP contribution < -0.4 is 15.1 Å². The van der Waals surface area contributed by atoms with Gasteiger partial charge in [0.15, 0.2) is 5.82 Å². The lowest BCUT2D eigenvalue weighted by molar-refractivity contribution is 0.0175. The van der Waals surface area contributed by atoms with Crippen molar-refractivity contribution in [1.29, 1.82) is 0 Å². The zero-order valence-electron chi connectivity index (χ0n) is 17.8. The molecule has 0 aliphatic carbocycles. The number of halogens is 2. The molecule has 8 heteroatoms. The summed E-state index contributed by atoms with van der Waals surface area (Å²) in [4.78, 5) is 17.6. The van der Waals surface area contributed by atoms with Gasteiger partial charge in [-0.15, -0.1) is 0 Å². The van der Waals surface area contributed by atoms with E-state index in [-0.39, 0.29) is 11.6 Å². The van der Waals surface area contributed by atoms with Crippen LogP contribution in [-0.4, -0.2) is 34.1 Å². The van der Waals surface area contributed by atoms with Gasteiger partial charge in [-0.3, -0.25) is 0 Å². The first-order valence-corrected chi connectivity index (χ1v) is 10.7. The standard InChI is InChI=1S/C24H24F2N6/c1-16(29-22-8-11-27-15-28-22)32-19-9-12-31(13-10-19)21-7-6-20(30-23(21)32)17-4-3-5-18(14-17)24(2,25)26/h3-8,11,14-15,19H,1,9-10,12-13H2,2H3,(H,27,28,29). The highest BCUT2D eigenvalue weighted by Crippen LogP contribution is 2.41. The summed E-state index contributed by atoms with van der Waals surface area (Å²) in [6.45, 7) is 7.06. The molecular weight excluding hydrogens is 410 g/mol. The van der Waals surface area contributed by atoms with Crippen molar-refractivity contribution in [2.24, 2.45) is 0 Å². The van der Waals surface area contributed by atoms with Gasteiger partial charge < -0.3 is 15.1 Å². The van der Waals surface area contributed by atoms with Crippen LogP contribution in [0, 0.1) is 0 Å². The number of aromatic nitrogens is 3. The molecule has 2 aromatic heterocycles. The normalized spacial score (nSPS) is 16.0. The summed E-state index contributed by atoms with van der Waals surface area (Å²) < 4.78 is 27.8. The molecule has 0 saturated carbocycles. The second-order valence-electron chi connectivity index (χ2n) is 8.26. The van der Waals surface area contributed by atoms with E-state index in [1.165, 1.54) is 18.5 Å². The first-order valence-electron chi connectivity index (χ1n) is 10.7. The summed E-state index contributed by atoms with van der Waals surface area (Å²) in [5, 5.41) is 3.27. The minimum absolute atomic E-state index is 0.0257. The summed E-state index contributed by atoms with van der Waals surface area (Å²) in [5.74, 6) is -0.798. The molecule has 1 fully saturated rings. The molecule has 0 atom stereocenters. The fourth-order valence-electron chi connectivity index (χ4n) is 4.44. The van der Waals surface area contributed by atoms with Crippen molar-refractivity contribution in [1.82, 2.24) is 15.0 Å². The smallest absolute Gasteiger partial charge is 0.270 e. The molecule has 3 aliphatic heterocycles. The lowest BCUT2D eigenvalue weighted by Gasteiger charge is -2.34. The lowest BCUT2D eigenvalue weighted by Crippen LogP contribution is -2.41. The van der Waals surface area contributed by atoms with E-state index in [1.54, 1.807) is 18.3 Å². The Morgan fingerprint density at radius 1 is 1.16 bits per heavy atom. The molecule has 1 aromatic carbocycles. The highest BCUT2D eigenvalue weighted by Gasteiger charge is 2.35. The highest BCUT2D eigenvalue weighted by molar-refractivity contribution is 5.77. The number of pyridine rings is 1. The Hall–Kier alpha value is -3.55. The Bertz CT molecular complexity index is 1140. The SMILES string of the molecule is C=C(Nc1ccncn1)N1c2nc(-c3cccc(C(C)(F)F)c3)ccc2N2CCC1CC2. The van der Waals surface area contributed by atoms with Crippen molar-refractivity contribution in [3.63, 3.8) is 0 Å². The van der Waals surface area contributed by atoms with Gasteiger partial charge in [0, 0.05) is 43.4 Å². The predicted molar refractivity (Wildman–Crippen MR) is 122 cm³/mol. The van der Waals surface area contributed by atoms with E-state index >= 15 is 0 Å². The number of rotatable bonds is 5. The molecule has 6 nitrogen and oxygen atoms in total. The molecule has 1 N–H and O–H groups in total. The topological polar surface area (TPSA) is 57.2 Å². The zero-order valence-corrected chi connectivity index (χ0v) is 17.8. The first-order chi connectivity index (χ1) is 15.4. The number of hydrogen-bond donors (Lipinski definition) is 1. The van der Waals surface area contributed by atoms with Crippen molar-refractivity contribution < 1.29 is 8.78 Å². The minimum atomic E-state index is -2.91. The number of nitrogens with one attached hydrogen (secondary N) is 1. The summed E-state index contributed by atoms with van der Waals surface area (Å²) in [6.07, 6.45) is 5.11. The maximum absolute atomic E-state index is 13.9. The van der Waals surface area contributed by atoms with Crippen LogP contribution >= 0.6 is 0 Å². The average molecular weight is 434 g/mol. The van der Waals surface area contributed by atoms with Crippen LogP contribution in [0.5, 0.6) is 0 Å². The third-order valence-electron chi connectivity index (χ3n) is 6.06. The maximum atomic E-state index is 13.9. The predicted octanol–water partition coefficient (Wildman–Crippen LogP) is 5.02. The number of anilines is 3. The van der Waals surface area contributed by atoms with Gasteiger partial charge in [-0.05, 0) is 37.1 Å². The van der Waals surface area contributed by atoms with Gasteiger partial charge in [0.05, 0.1) is 11.4 Å². The quantitative estimate of drug-likeness (QED) is 0.608. The van der Waals surface area contributed by atoms with E-state index in [2.05, 4.69) is 31.7 Å². The van der Waals surface area contributed by atoms with Crippen LogP contribution in [0.25, 0.3) is 11.3 Å². The fraction of sp³-hybridized carbons (Fsp3) is 0.292. The first kappa shape index (κ1) is 20.4. The van der Waals surface area contributed by atoms with Crippen molar-refractivity contribution in [3.8, 4) is 11.3 Å². The van der Waals surface area contributed by atoms with Gasteiger partial charge in [-0.2, -0.15) is 0 Å². The Morgan fingerprint density at radius 3 is 2.69 bits per heavy atom. The van der Waals surface area contributed by atoms with Crippen LogP contribution in [0.4, 0.5) is 26.1 Å². The van der Waals surface area contributed by atoms with Crippen molar-refractivity contribution >= 4 is 17.3 Å². The minimum Gasteiger partial charge on any atom is -0.368 e. The molecule has 2 bridgehead atoms. The molecule has 3 aromatic rings. The number of fused-ring (bicyclic) bond motifs is 2. The number of benzene rings is 1. The second kappa shape index (κ2) is 7.85. The number of alkyl halides is 2. The highest BCUT2D eigenvalue weighted by atomic mass is 19.3. The monoisotopic (exact) mass is 434 g/mol. The van der Waals surface area contributed by atoms with Gasteiger partial charge >= 0.3 is 0 Å². The van der Waals surface area contributed by atoms with Crippen molar-refractivity contribution in [3.05, 3.63) is 73.0 Å². The summed E-state index contributed by atoms with van der Waals surface area (Å²) in [6, 6.07) is 12.4. The fourth-order valence-corrected chi connectivity index (χ4v) is 4.44. The van der Waals surface area contributed by atoms with Gasteiger partial charge in [0.2, 0.25) is 0 Å². The van der Waals surface area contributed by atoms with Gasteiger partial charge in [-0.1, -0.05) is 24.8 Å². The molecule has 6 rings (SSSR count). The van der Waals surface area contributed by atoms with Crippen LogP contribution in [0.1, 0.15) is 25.3 Å². The Morgan fingerprint density at radius 2 is 1.97 bits per heavy atom. The van der Waals surface area contributed by atoms with E-state index in [0.29, 0.717) is 22.9 Å². The summed E-state index contributed by atoms with van der Waals surface area (Å²) >= 11 is 0. The third-order valence-corrected chi connectivity index (χ3v) is 6.06. The summed E-state index contributed by atoms with van der Waals surface area (Å²) in [7, 11) is 0. The summed E-state index contributed by atoms with van der Waals surface area (Å²) in [5.41, 5.74) is 2.31. The molecule has 0 amide bonds. The molecule has 3 aliphatic rings. The Balaban J connectivity index is 1.56. The van der Waals surface area contributed by atoms with E-state index in [4.69, 9.17) is 4.98 Å². The number of nitrogens with zero attached hydrogens (tertiary/aromatic N) is 5. The van der Waals surface area contributed by atoms with Crippen molar-refractivity contribution in [2.75, 3.05) is 28.2 Å². The third kappa shape index (κ3) is 3.77. The zero-order chi connectivity index (χ0) is 22.3. The van der Waals surface area contributed by atoms with Crippen LogP contribution in [0.15, 0.2) is 67.4 Å². The van der Waals surface area contributed by atoms with E-state index in [1.807, 2.05) is 18.2 Å². The van der Waals surface area contributed by atoms with E-state index in [9.17, 15) is 8.78 Å². The number of hydrogen-bond acceptors (Lipinski definition) is 6. The molecule has 0 spiro atoms. The largest absolute Gasteiger partial charge is 0.368 e. The Labute approximate surface area is 185 Å². The molecule has 5 heterocycles. The van der Waals surface area contributed by atoms with Gasteiger partial charge in [0.25, 0.3) is 5.92 Å². The van der Waals surface area contributed by atoms with Crippen LogP contribution in [0.2, 0.25) is 0 Å². The lowest BCUT2D eigenvalue weighted by atomic mass is 10.0. The molecule has 0 unspecified atom stereocenters.